The minimum atomic E-state index is -0.250. The molecule has 0 unspecified atom stereocenters. The maximum Gasteiger partial charge on any atom is 0.290 e. The third-order valence-electron chi connectivity index (χ3n) is 4.94. The first-order valence-electron chi connectivity index (χ1n) is 9.28. The van der Waals surface area contributed by atoms with E-state index in [2.05, 4.69) is 36.9 Å². The minimum Gasteiger partial charge on any atom is -0.483 e. The van der Waals surface area contributed by atoms with Crippen molar-refractivity contribution in [2.75, 3.05) is 19.8 Å². The number of fused-ring (bicyclic) bond motifs is 1. The van der Waals surface area contributed by atoms with Gasteiger partial charge in [0.25, 0.3) is 6.47 Å². The number of nitrogens with zero attached hydrogens (tertiary/aromatic N) is 6. The molecule has 28 heavy (non-hydrogen) atoms. The summed E-state index contributed by atoms with van der Waals surface area (Å²) in [6, 6.07) is 0.162. The highest BCUT2D eigenvalue weighted by Gasteiger charge is 2.32. The van der Waals surface area contributed by atoms with Crippen molar-refractivity contribution in [2.24, 2.45) is 0 Å². The van der Waals surface area contributed by atoms with Gasteiger partial charge in [0.1, 0.15) is 11.6 Å². The Morgan fingerprint density at radius 3 is 2.71 bits per heavy atom. The molecule has 4 rings (SSSR count). The summed E-state index contributed by atoms with van der Waals surface area (Å²) < 4.78 is 7.67. The molecule has 2 aromatic heterocycles. The molecule has 2 aromatic rings. The van der Waals surface area contributed by atoms with E-state index in [4.69, 9.17) is 14.6 Å². The van der Waals surface area contributed by atoms with E-state index in [1.165, 1.54) is 0 Å². The number of hydrogen-bond acceptors (Lipinski definition) is 7. The van der Waals surface area contributed by atoms with Gasteiger partial charge in [-0.1, -0.05) is 0 Å². The van der Waals surface area contributed by atoms with Crippen molar-refractivity contribution in [3.63, 3.8) is 0 Å². The molecule has 1 fully saturated rings. The average molecular weight is 391 g/mol. The Kier molecular flexibility index (Phi) is 6.34. The molecule has 11 nitrogen and oxygen atoms in total. The number of amides is 1. The number of carbonyl (C=O) groups excluding carboxylic acids is 1. The Morgan fingerprint density at radius 1 is 1.36 bits per heavy atom. The molecule has 0 saturated carbocycles. The monoisotopic (exact) mass is 391 g/mol. The van der Waals surface area contributed by atoms with E-state index in [-0.39, 0.29) is 24.8 Å². The Labute approximate surface area is 162 Å². The average Bonchev–Trinajstić information content (AvgIpc) is 3.29. The SMILES string of the molecule is Cc1nc(CC(=O)N2Cc3nnc(C4CCOCC4)n3[C@@H](C)C2)n[nH]1.O=CO. The van der Waals surface area contributed by atoms with E-state index >= 15 is 0 Å². The number of H-pyrrole nitrogens is 1. The number of aromatic nitrogens is 6. The summed E-state index contributed by atoms with van der Waals surface area (Å²) in [5.74, 6) is 3.58. The fourth-order valence-electron chi connectivity index (χ4n) is 3.70. The van der Waals surface area contributed by atoms with Crippen molar-refractivity contribution >= 4 is 12.4 Å². The summed E-state index contributed by atoms with van der Waals surface area (Å²) in [6.07, 6.45) is 2.17. The number of rotatable bonds is 3. The van der Waals surface area contributed by atoms with Crippen molar-refractivity contribution < 1.29 is 19.4 Å². The molecule has 0 bridgehead atoms. The lowest BCUT2D eigenvalue weighted by atomic mass is 9.99. The van der Waals surface area contributed by atoms with Gasteiger partial charge in [-0.05, 0) is 26.7 Å². The van der Waals surface area contributed by atoms with Crippen LogP contribution in [0.4, 0.5) is 0 Å². The van der Waals surface area contributed by atoms with Crippen LogP contribution in [0.3, 0.4) is 0 Å². The van der Waals surface area contributed by atoms with E-state index in [1.54, 1.807) is 0 Å². The number of carbonyl (C=O) groups is 2. The van der Waals surface area contributed by atoms with Crippen LogP contribution in [-0.4, -0.2) is 72.1 Å². The zero-order chi connectivity index (χ0) is 20.1. The van der Waals surface area contributed by atoms with Gasteiger partial charge in [-0.2, -0.15) is 5.10 Å². The molecule has 2 aliphatic heterocycles. The predicted octanol–water partition coefficient (Wildman–Crippen LogP) is 0.445. The molecule has 4 heterocycles. The lowest BCUT2D eigenvalue weighted by molar-refractivity contribution is -0.132. The zero-order valence-corrected chi connectivity index (χ0v) is 16.0. The lowest BCUT2D eigenvalue weighted by Crippen LogP contribution is -2.41. The Hall–Kier alpha value is -2.82. The number of aromatic amines is 1. The van der Waals surface area contributed by atoms with Crippen molar-refractivity contribution in [3.05, 3.63) is 23.3 Å². The molecule has 1 saturated heterocycles. The van der Waals surface area contributed by atoms with Crippen LogP contribution in [-0.2, 0) is 27.3 Å². The predicted molar refractivity (Wildman–Crippen MR) is 96.5 cm³/mol. The molecule has 152 valence electrons. The van der Waals surface area contributed by atoms with Crippen LogP contribution in [0.25, 0.3) is 0 Å². The van der Waals surface area contributed by atoms with Gasteiger partial charge < -0.3 is 19.3 Å². The van der Waals surface area contributed by atoms with Crippen molar-refractivity contribution in [1.29, 1.82) is 0 Å². The summed E-state index contributed by atoms with van der Waals surface area (Å²) in [7, 11) is 0. The number of aryl methyl sites for hydroxylation is 1. The Morgan fingerprint density at radius 2 is 2.07 bits per heavy atom. The second-order valence-corrected chi connectivity index (χ2v) is 6.97. The van der Waals surface area contributed by atoms with Gasteiger partial charge in [0.2, 0.25) is 5.91 Å². The van der Waals surface area contributed by atoms with E-state index < -0.39 is 0 Å². The summed E-state index contributed by atoms with van der Waals surface area (Å²) in [5, 5.41) is 22.5. The van der Waals surface area contributed by atoms with E-state index in [1.807, 2.05) is 11.8 Å². The maximum absolute atomic E-state index is 12.6. The first-order valence-corrected chi connectivity index (χ1v) is 9.28. The van der Waals surface area contributed by atoms with Crippen LogP contribution >= 0.6 is 0 Å². The number of nitrogens with one attached hydrogen (secondary N) is 1. The summed E-state index contributed by atoms with van der Waals surface area (Å²) in [5.41, 5.74) is 0. The molecule has 0 spiro atoms. The van der Waals surface area contributed by atoms with Crippen LogP contribution in [0.2, 0.25) is 0 Å². The third kappa shape index (κ3) is 4.35. The lowest BCUT2D eigenvalue weighted by Gasteiger charge is -2.34. The molecule has 0 aliphatic carbocycles. The van der Waals surface area contributed by atoms with Crippen molar-refractivity contribution in [1.82, 2.24) is 34.8 Å². The van der Waals surface area contributed by atoms with Gasteiger partial charge in [0.15, 0.2) is 11.6 Å². The van der Waals surface area contributed by atoms with Gasteiger partial charge in [0, 0.05) is 25.7 Å². The Balaban J connectivity index is 0.000000706. The molecule has 11 heteroatoms. The summed E-state index contributed by atoms with van der Waals surface area (Å²) in [4.78, 5) is 27.0. The fourth-order valence-corrected chi connectivity index (χ4v) is 3.70. The molecular formula is C17H25N7O4. The van der Waals surface area contributed by atoms with Crippen LogP contribution in [0, 0.1) is 6.92 Å². The fraction of sp³-hybridized carbons (Fsp3) is 0.647. The number of hydrogen-bond donors (Lipinski definition) is 2. The van der Waals surface area contributed by atoms with Crippen LogP contribution < -0.4 is 0 Å². The number of carboxylic acid groups (broad SMARTS) is 1. The first-order chi connectivity index (χ1) is 13.5. The van der Waals surface area contributed by atoms with E-state index in [0.29, 0.717) is 24.8 Å². The molecule has 1 amide bonds. The molecule has 2 aliphatic rings. The van der Waals surface area contributed by atoms with Gasteiger partial charge in [-0.3, -0.25) is 14.7 Å². The van der Waals surface area contributed by atoms with Gasteiger partial charge in [0.05, 0.1) is 19.0 Å². The second-order valence-electron chi connectivity index (χ2n) is 6.97. The summed E-state index contributed by atoms with van der Waals surface area (Å²) >= 11 is 0. The van der Waals surface area contributed by atoms with Gasteiger partial charge in [-0.25, -0.2) is 4.98 Å². The first kappa shape index (κ1) is 19.9. The quantitative estimate of drug-likeness (QED) is 0.719. The van der Waals surface area contributed by atoms with Crippen LogP contribution in [0.1, 0.15) is 55.0 Å². The van der Waals surface area contributed by atoms with E-state index in [9.17, 15) is 4.79 Å². The molecule has 1 atom stereocenters. The second kappa shape index (κ2) is 8.91. The third-order valence-corrected chi connectivity index (χ3v) is 4.94. The van der Waals surface area contributed by atoms with Gasteiger partial charge in [-0.15, -0.1) is 10.2 Å². The number of ether oxygens (including phenoxy) is 1. The van der Waals surface area contributed by atoms with Crippen LogP contribution in [0.5, 0.6) is 0 Å². The molecule has 0 aromatic carbocycles. The van der Waals surface area contributed by atoms with E-state index in [0.717, 1.165) is 43.5 Å². The highest BCUT2D eigenvalue weighted by Crippen LogP contribution is 2.30. The smallest absolute Gasteiger partial charge is 0.290 e. The zero-order valence-electron chi connectivity index (χ0n) is 16.0. The molecule has 2 N–H and O–H groups in total. The molecular weight excluding hydrogens is 366 g/mol. The Bertz CT molecular complexity index is 812. The normalized spacial score (nSPS) is 19.5. The minimum absolute atomic E-state index is 0.0210. The van der Waals surface area contributed by atoms with Crippen molar-refractivity contribution in [2.45, 2.75) is 51.6 Å². The van der Waals surface area contributed by atoms with Crippen molar-refractivity contribution in [3.8, 4) is 0 Å². The topological polar surface area (TPSA) is 139 Å². The largest absolute Gasteiger partial charge is 0.483 e. The highest BCUT2D eigenvalue weighted by molar-refractivity contribution is 5.78. The highest BCUT2D eigenvalue weighted by atomic mass is 16.5. The summed E-state index contributed by atoms with van der Waals surface area (Å²) in [6.45, 7) is 6.40. The van der Waals surface area contributed by atoms with Gasteiger partial charge >= 0.3 is 0 Å². The standard InChI is InChI=1S/C16H23N7O2.CH2O2/c1-10-8-22(15(24)7-13-17-11(2)18-19-13)9-14-20-21-16(23(10)14)12-3-5-25-6-4-12;2-1-3/h10,12H,3-9H2,1-2H3,(H,17,18,19);1H,(H,2,3)/t10-;/m0./s1. The molecule has 0 radical (unpaired) electrons. The maximum atomic E-state index is 12.6. The van der Waals surface area contributed by atoms with Crippen LogP contribution in [0.15, 0.2) is 0 Å².